The normalized spacial score (nSPS) is 42.9. The first kappa shape index (κ1) is 15.4. The minimum Gasteiger partial charge on any atom is -0.504 e. The van der Waals surface area contributed by atoms with Crippen LogP contribution < -0.4 is 4.74 Å². The van der Waals surface area contributed by atoms with E-state index in [1.165, 1.54) is 12.8 Å². The zero-order valence-corrected chi connectivity index (χ0v) is 14.7. The zero-order chi connectivity index (χ0) is 17.7. The van der Waals surface area contributed by atoms with Gasteiger partial charge in [0.05, 0.1) is 11.0 Å². The number of hydrogen-bond donors (Lipinski definition) is 2. The number of aliphatic hydroxyl groups is 1. The Bertz CT molecular complexity index is 809. The largest absolute Gasteiger partial charge is 0.504 e. The number of aromatic hydroxyl groups is 1. The summed E-state index contributed by atoms with van der Waals surface area (Å²) in [6.45, 7) is 1.97. The molecule has 6 heteroatoms. The van der Waals surface area contributed by atoms with Gasteiger partial charge in [0.2, 0.25) is 0 Å². The van der Waals surface area contributed by atoms with Crippen LogP contribution in [0.25, 0.3) is 0 Å². The molecule has 1 unspecified atom stereocenters. The highest BCUT2D eigenvalue weighted by atomic mass is 16.5. The van der Waals surface area contributed by atoms with Gasteiger partial charge in [-0.3, -0.25) is 4.90 Å². The second kappa shape index (κ2) is 4.78. The summed E-state index contributed by atoms with van der Waals surface area (Å²) in [6.07, 6.45) is 4.78. The van der Waals surface area contributed by atoms with Crippen LogP contribution >= 0.6 is 0 Å². The Morgan fingerprint density at radius 2 is 2.12 bits per heavy atom. The van der Waals surface area contributed by atoms with Crippen LogP contribution in [0.4, 0.5) is 0 Å². The highest BCUT2D eigenvalue weighted by molar-refractivity contribution is 5.62. The summed E-state index contributed by atoms with van der Waals surface area (Å²) in [5.74, 6) is 1.36. The van der Waals surface area contributed by atoms with Crippen LogP contribution in [-0.2, 0) is 11.8 Å². The van der Waals surface area contributed by atoms with Gasteiger partial charge in [-0.15, -0.1) is 0 Å². The van der Waals surface area contributed by atoms with Crippen molar-refractivity contribution >= 4 is 0 Å². The lowest BCUT2D eigenvalue weighted by molar-refractivity contribution is -0.189. The molecule has 0 aromatic heterocycles. The molecular formula is C20H24N2O4. The summed E-state index contributed by atoms with van der Waals surface area (Å²) in [6, 6.07) is 3.26. The van der Waals surface area contributed by atoms with E-state index in [0.29, 0.717) is 18.6 Å². The van der Waals surface area contributed by atoms with Crippen molar-refractivity contribution in [2.24, 2.45) is 11.1 Å². The van der Waals surface area contributed by atoms with E-state index in [1.54, 1.807) is 6.07 Å². The quantitative estimate of drug-likeness (QED) is 0.811. The number of hydrogen-bond acceptors (Lipinski definition) is 6. The number of nitrogens with zero attached hydrogens (tertiary/aromatic N) is 2. The molecule has 0 radical (unpaired) electrons. The molecule has 2 saturated carbocycles. The van der Waals surface area contributed by atoms with Gasteiger partial charge in [0.25, 0.3) is 0 Å². The van der Waals surface area contributed by atoms with Crippen LogP contribution in [0.5, 0.6) is 11.5 Å². The van der Waals surface area contributed by atoms with Crippen molar-refractivity contribution in [2.75, 3.05) is 13.1 Å². The van der Waals surface area contributed by atoms with Crippen molar-refractivity contribution in [3.63, 3.8) is 0 Å². The van der Waals surface area contributed by atoms with E-state index < -0.39 is 23.2 Å². The Morgan fingerprint density at radius 3 is 2.88 bits per heavy atom. The average Bonchev–Trinajstić information content (AvgIpc) is 3.37. The maximum atomic E-state index is 12.1. The highest BCUT2D eigenvalue weighted by Crippen LogP contribution is 2.65. The molecule has 5 aliphatic rings. The van der Waals surface area contributed by atoms with E-state index in [4.69, 9.17) is 4.74 Å². The van der Waals surface area contributed by atoms with Crippen LogP contribution in [0.1, 0.15) is 43.2 Å². The summed E-state index contributed by atoms with van der Waals surface area (Å²) in [7, 11) is 0. The molecule has 5 atom stereocenters. The molecule has 6 rings (SSSR count). The monoisotopic (exact) mass is 356 g/mol. The third kappa shape index (κ3) is 1.62. The van der Waals surface area contributed by atoms with Crippen molar-refractivity contribution in [1.29, 1.82) is 0 Å². The molecule has 2 N–H and O–H groups in total. The fourth-order valence-corrected chi connectivity index (χ4v) is 6.56. The predicted molar refractivity (Wildman–Crippen MR) is 94.4 cm³/mol. The van der Waals surface area contributed by atoms with Gasteiger partial charge in [0.15, 0.2) is 11.5 Å². The first-order valence-electron chi connectivity index (χ1n) is 9.89. The summed E-state index contributed by atoms with van der Waals surface area (Å²) in [5.41, 5.74) is 0.580. The second-order valence-corrected chi connectivity index (χ2v) is 9.00. The molecule has 1 saturated heterocycles. The van der Waals surface area contributed by atoms with Crippen molar-refractivity contribution in [3.8, 4) is 11.5 Å². The molecule has 6 nitrogen and oxygen atoms in total. The Balaban J connectivity index is 1.56. The molecule has 3 fully saturated rings. The van der Waals surface area contributed by atoms with Gasteiger partial charge in [-0.1, -0.05) is 11.2 Å². The van der Waals surface area contributed by atoms with Crippen LogP contribution in [0.15, 0.2) is 17.3 Å². The van der Waals surface area contributed by atoms with Gasteiger partial charge < -0.3 is 14.9 Å². The Morgan fingerprint density at radius 1 is 1.27 bits per heavy atom. The predicted octanol–water partition coefficient (Wildman–Crippen LogP) is 2.09. The molecule has 1 spiro atoms. The minimum atomic E-state index is -0.919. The molecule has 1 aromatic rings. The first-order valence-corrected chi connectivity index (χ1v) is 9.89. The van der Waals surface area contributed by atoms with Gasteiger partial charge in [-0.2, -0.15) is 4.91 Å². The fraction of sp³-hybridized carbons (Fsp3) is 0.700. The van der Waals surface area contributed by atoms with Crippen molar-refractivity contribution in [1.82, 2.24) is 4.90 Å². The van der Waals surface area contributed by atoms with Crippen LogP contribution in [0.2, 0.25) is 0 Å². The van der Waals surface area contributed by atoms with Gasteiger partial charge in [-0.05, 0) is 62.6 Å². The van der Waals surface area contributed by atoms with Gasteiger partial charge in [-0.25, -0.2) is 0 Å². The van der Waals surface area contributed by atoms with Crippen molar-refractivity contribution in [3.05, 3.63) is 28.2 Å². The summed E-state index contributed by atoms with van der Waals surface area (Å²) >= 11 is 0. The SMILES string of the molecule is O=NC1CC[C@@]2(O)[C@H]3Cc4ccc(O)c5c4[C@@]2(CCN3CC2CC2)[C@H]1O5. The lowest BCUT2D eigenvalue weighted by atomic mass is 9.48. The Hall–Kier alpha value is -1.66. The molecule has 1 aromatic carbocycles. The molecule has 2 aliphatic heterocycles. The van der Waals surface area contributed by atoms with Crippen LogP contribution in [0.3, 0.4) is 0 Å². The number of ether oxygens (including phenoxy) is 1. The second-order valence-electron chi connectivity index (χ2n) is 9.00. The van der Waals surface area contributed by atoms with Crippen molar-refractivity contribution in [2.45, 2.75) is 67.7 Å². The lowest BCUT2D eigenvalue weighted by Crippen LogP contribution is -2.77. The van der Waals surface area contributed by atoms with Crippen LogP contribution in [-0.4, -0.2) is 52.0 Å². The standard InChI is InChI=1S/C20H24N2O4/c23-14-4-3-12-9-15-20(24)6-5-13(21-25)18-19(20,16(12)17(14)26-18)7-8-22(15)10-11-1-2-11/h3-4,11,13,15,18,23-24H,1-2,5-10H2/t13?,15-,18+,19+,20-/m1/s1. The summed E-state index contributed by atoms with van der Waals surface area (Å²) < 4.78 is 6.18. The van der Waals surface area contributed by atoms with Gasteiger partial charge in [0, 0.05) is 18.2 Å². The maximum Gasteiger partial charge on any atom is 0.165 e. The molecule has 2 heterocycles. The highest BCUT2D eigenvalue weighted by Gasteiger charge is 2.73. The third-order valence-corrected chi connectivity index (χ3v) is 7.87. The zero-order valence-electron chi connectivity index (χ0n) is 14.7. The van der Waals surface area contributed by atoms with E-state index in [1.807, 2.05) is 6.07 Å². The fourth-order valence-electron chi connectivity index (χ4n) is 6.56. The van der Waals surface area contributed by atoms with E-state index in [0.717, 1.165) is 43.0 Å². The van der Waals surface area contributed by atoms with Gasteiger partial charge >= 0.3 is 0 Å². The maximum absolute atomic E-state index is 12.1. The Kier molecular flexibility index (Phi) is 2.83. The number of nitroso groups, excluding NO2 is 1. The molecule has 3 aliphatic carbocycles. The minimum absolute atomic E-state index is 0.0542. The molecule has 138 valence electrons. The van der Waals surface area contributed by atoms with Crippen LogP contribution in [0, 0.1) is 10.8 Å². The van der Waals surface area contributed by atoms with E-state index in [2.05, 4.69) is 10.1 Å². The molecule has 2 bridgehead atoms. The summed E-state index contributed by atoms with van der Waals surface area (Å²) in [5, 5.41) is 25.8. The third-order valence-electron chi connectivity index (χ3n) is 7.87. The number of likely N-dealkylation sites (tertiary alicyclic amines) is 1. The lowest BCUT2D eigenvalue weighted by Gasteiger charge is -2.63. The summed E-state index contributed by atoms with van der Waals surface area (Å²) in [4.78, 5) is 14.0. The number of benzene rings is 1. The smallest absolute Gasteiger partial charge is 0.165 e. The topological polar surface area (TPSA) is 82.4 Å². The average molecular weight is 356 g/mol. The number of phenols is 1. The molecule has 26 heavy (non-hydrogen) atoms. The number of rotatable bonds is 3. The number of piperidine rings is 1. The molecule has 0 amide bonds. The molecular weight excluding hydrogens is 332 g/mol. The van der Waals surface area contributed by atoms with E-state index in [-0.39, 0.29) is 11.8 Å². The van der Waals surface area contributed by atoms with E-state index >= 15 is 0 Å². The van der Waals surface area contributed by atoms with Gasteiger partial charge in [0.1, 0.15) is 12.1 Å². The number of phenolic OH excluding ortho intramolecular Hbond substituents is 1. The van der Waals surface area contributed by atoms with Crippen molar-refractivity contribution < 1.29 is 14.9 Å². The Labute approximate surface area is 152 Å². The first-order chi connectivity index (χ1) is 12.6. The van der Waals surface area contributed by atoms with E-state index in [9.17, 15) is 15.1 Å².